The van der Waals surface area contributed by atoms with Gasteiger partial charge in [0.05, 0.1) is 12.8 Å². The van der Waals surface area contributed by atoms with Crippen LogP contribution in [0.3, 0.4) is 0 Å². The lowest BCUT2D eigenvalue weighted by Gasteiger charge is -2.22. The number of benzene rings is 1. The molecule has 2 aromatic heterocycles. The lowest BCUT2D eigenvalue weighted by Crippen LogP contribution is -2.33. The Bertz CT molecular complexity index is 1140. The van der Waals surface area contributed by atoms with Crippen molar-refractivity contribution in [3.05, 3.63) is 54.3 Å². The molecule has 1 fully saturated rings. The maximum Gasteiger partial charge on any atom is 0.230 e. The molecule has 154 valence electrons. The van der Waals surface area contributed by atoms with E-state index in [-0.39, 0.29) is 24.2 Å². The second-order valence-corrected chi connectivity index (χ2v) is 7.46. The highest BCUT2D eigenvalue weighted by Crippen LogP contribution is 2.34. The van der Waals surface area contributed by atoms with Crippen molar-refractivity contribution in [2.24, 2.45) is 5.92 Å². The maximum absolute atomic E-state index is 14.4. The summed E-state index contributed by atoms with van der Waals surface area (Å²) in [4.78, 5) is 18.8. The summed E-state index contributed by atoms with van der Waals surface area (Å²) < 4.78 is 21.6. The van der Waals surface area contributed by atoms with E-state index in [0.717, 1.165) is 24.2 Å². The standard InChI is InChI=1S/C21H21FN6O2/c1-2-8-27(20(29)13-3-4-13)17-11-24-21(28-12-25-26-19(17)28)23-10-15-14-7-9-30-18(14)6-5-16(15)22/h2,5-6,11-13H,1,3-4,7-10H2,(H,23,24). The van der Waals surface area contributed by atoms with E-state index in [0.29, 0.717) is 42.4 Å². The average Bonchev–Trinajstić information content (AvgIpc) is 3.28. The van der Waals surface area contributed by atoms with E-state index < -0.39 is 0 Å². The molecule has 0 radical (unpaired) electrons. The fraction of sp³-hybridized carbons (Fsp3) is 0.333. The molecular formula is C21H21FN6O2. The third-order valence-corrected chi connectivity index (χ3v) is 5.47. The van der Waals surface area contributed by atoms with Gasteiger partial charge in [-0.3, -0.25) is 4.79 Å². The van der Waals surface area contributed by atoms with Crippen LogP contribution in [0.5, 0.6) is 5.75 Å². The van der Waals surface area contributed by atoms with Crippen molar-refractivity contribution in [3.63, 3.8) is 0 Å². The molecule has 5 rings (SSSR count). The molecule has 3 aromatic rings. The van der Waals surface area contributed by atoms with Gasteiger partial charge in [-0.15, -0.1) is 16.8 Å². The number of ether oxygens (including phenoxy) is 1. The summed E-state index contributed by atoms with van der Waals surface area (Å²) in [6.45, 7) is 4.93. The number of aromatic nitrogens is 4. The normalized spacial score (nSPS) is 15.0. The Balaban J connectivity index is 1.45. The van der Waals surface area contributed by atoms with Crippen LogP contribution in [0.15, 0.2) is 37.3 Å². The Labute approximate surface area is 172 Å². The van der Waals surface area contributed by atoms with Crippen molar-refractivity contribution in [1.82, 2.24) is 19.6 Å². The number of hydrogen-bond acceptors (Lipinski definition) is 6. The molecule has 1 aliphatic heterocycles. The number of amides is 1. The molecule has 1 aromatic carbocycles. The van der Waals surface area contributed by atoms with Crippen molar-refractivity contribution in [2.45, 2.75) is 25.8 Å². The number of hydrogen-bond donors (Lipinski definition) is 1. The van der Waals surface area contributed by atoms with E-state index >= 15 is 0 Å². The van der Waals surface area contributed by atoms with Gasteiger partial charge in [-0.1, -0.05) is 6.08 Å². The summed E-state index contributed by atoms with van der Waals surface area (Å²) in [6.07, 6.45) is 7.29. The van der Waals surface area contributed by atoms with Gasteiger partial charge in [0.15, 0.2) is 5.65 Å². The smallest absolute Gasteiger partial charge is 0.230 e. The van der Waals surface area contributed by atoms with Crippen molar-refractivity contribution in [1.29, 1.82) is 0 Å². The van der Waals surface area contributed by atoms with Crippen molar-refractivity contribution >= 4 is 23.2 Å². The van der Waals surface area contributed by atoms with Crippen molar-refractivity contribution < 1.29 is 13.9 Å². The number of fused-ring (bicyclic) bond motifs is 2. The van der Waals surface area contributed by atoms with E-state index in [1.807, 2.05) is 0 Å². The van der Waals surface area contributed by atoms with E-state index in [4.69, 9.17) is 4.74 Å². The number of carbonyl (C=O) groups is 1. The average molecular weight is 408 g/mol. The maximum atomic E-state index is 14.4. The Morgan fingerprint density at radius 3 is 3.10 bits per heavy atom. The number of anilines is 2. The van der Waals surface area contributed by atoms with Crippen LogP contribution in [0.2, 0.25) is 0 Å². The Morgan fingerprint density at radius 2 is 2.30 bits per heavy atom. The number of nitrogens with zero attached hydrogens (tertiary/aromatic N) is 5. The molecule has 1 saturated carbocycles. The van der Waals surface area contributed by atoms with Gasteiger partial charge in [0.25, 0.3) is 0 Å². The summed E-state index contributed by atoms with van der Waals surface area (Å²) in [7, 11) is 0. The predicted octanol–water partition coefficient (Wildman–Crippen LogP) is 2.74. The Morgan fingerprint density at radius 1 is 1.43 bits per heavy atom. The van der Waals surface area contributed by atoms with Crippen molar-refractivity contribution in [3.8, 4) is 5.75 Å². The van der Waals surface area contributed by atoms with Crippen LogP contribution in [-0.4, -0.2) is 38.6 Å². The second kappa shape index (κ2) is 7.40. The molecule has 0 bridgehead atoms. The molecule has 0 spiro atoms. The first kappa shape index (κ1) is 18.5. The summed E-state index contributed by atoms with van der Waals surface area (Å²) in [6, 6.07) is 3.08. The van der Waals surface area contributed by atoms with E-state index in [2.05, 4.69) is 27.1 Å². The van der Waals surface area contributed by atoms with E-state index in [1.165, 1.54) is 12.4 Å². The minimum absolute atomic E-state index is 0.0456. The second-order valence-electron chi connectivity index (χ2n) is 7.46. The highest BCUT2D eigenvalue weighted by Gasteiger charge is 2.34. The van der Waals surface area contributed by atoms with E-state index in [9.17, 15) is 9.18 Å². The Hall–Kier alpha value is -3.49. The van der Waals surface area contributed by atoms with Gasteiger partial charge >= 0.3 is 0 Å². The molecule has 9 heteroatoms. The first-order valence-corrected chi connectivity index (χ1v) is 9.95. The number of carbonyl (C=O) groups excluding carboxylic acids is 1. The highest BCUT2D eigenvalue weighted by molar-refractivity contribution is 5.99. The minimum atomic E-state index is -0.282. The summed E-state index contributed by atoms with van der Waals surface area (Å²) >= 11 is 0. The van der Waals surface area contributed by atoms with Crippen LogP contribution in [0.4, 0.5) is 16.0 Å². The molecule has 0 saturated heterocycles. The Kier molecular flexibility index (Phi) is 4.57. The topological polar surface area (TPSA) is 84.7 Å². The summed E-state index contributed by atoms with van der Waals surface area (Å²) in [5, 5.41) is 11.4. The van der Waals surface area contributed by atoms with Crippen LogP contribution >= 0.6 is 0 Å². The fourth-order valence-corrected chi connectivity index (χ4v) is 3.79. The van der Waals surface area contributed by atoms with Gasteiger partial charge in [0.2, 0.25) is 11.9 Å². The number of rotatable bonds is 7. The molecule has 8 nitrogen and oxygen atoms in total. The first-order chi connectivity index (χ1) is 14.7. The summed E-state index contributed by atoms with van der Waals surface area (Å²) in [5.74, 6) is 1.01. The SMILES string of the molecule is C=CCN(C(=O)C1CC1)c1cnc(NCc2c(F)ccc3c2CCO3)n2cnnc12. The molecule has 0 unspecified atom stereocenters. The van der Waals surface area contributed by atoms with Crippen molar-refractivity contribution in [2.75, 3.05) is 23.4 Å². The number of halogens is 1. The zero-order valence-corrected chi connectivity index (χ0v) is 16.3. The van der Waals surface area contributed by atoms with Gasteiger partial charge in [0, 0.05) is 36.6 Å². The van der Waals surface area contributed by atoms with Crippen LogP contribution in [0, 0.1) is 11.7 Å². The van der Waals surface area contributed by atoms with Crippen LogP contribution in [0.1, 0.15) is 24.0 Å². The van der Waals surface area contributed by atoms with Gasteiger partial charge < -0.3 is 15.0 Å². The van der Waals surface area contributed by atoms with Crippen LogP contribution in [0.25, 0.3) is 5.65 Å². The third kappa shape index (κ3) is 3.16. The molecular weight excluding hydrogens is 387 g/mol. The molecule has 30 heavy (non-hydrogen) atoms. The zero-order valence-electron chi connectivity index (χ0n) is 16.3. The molecule has 2 aliphatic rings. The molecule has 1 amide bonds. The lowest BCUT2D eigenvalue weighted by molar-refractivity contribution is -0.119. The zero-order chi connectivity index (χ0) is 20.7. The quantitative estimate of drug-likeness (QED) is 0.605. The van der Waals surface area contributed by atoms with E-state index in [1.54, 1.807) is 27.6 Å². The van der Waals surface area contributed by atoms with Crippen LogP contribution < -0.4 is 15.0 Å². The molecule has 1 N–H and O–H groups in total. The third-order valence-electron chi connectivity index (χ3n) is 5.47. The molecule has 1 aliphatic carbocycles. The van der Waals surface area contributed by atoms with Gasteiger partial charge in [-0.25, -0.2) is 13.8 Å². The number of nitrogens with one attached hydrogen (secondary N) is 1. The molecule has 0 atom stereocenters. The largest absolute Gasteiger partial charge is 0.493 e. The first-order valence-electron chi connectivity index (χ1n) is 9.95. The molecule has 3 heterocycles. The predicted molar refractivity (Wildman–Crippen MR) is 109 cm³/mol. The monoisotopic (exact) mass is 408 g/mol. The summed E-state index contributed by atoms with van der Waals surface area (Å²) in [5.41, 5.74) is 2.53. The van der Waals surface area contributed by atoms with Gasteiger partial charge in [-0.2, -0.15) is 0 Å². The minimum Gasteiger partial charge on any atom is -0.493 e. The lowest BCUT2D eigenvalue weighted by atomic mass is 10.0. The highest BCUT2D eigenvalue weighted by atomic mass is 19.1. The van der Waals surface area contributed by atoms with Crippen LogP contribution in [-0.2, 0) is 17.8 Å². The van der Waals surface area contributed by atoms with Gasteiger partial charge in [-0.05, 0) is 25.0 Å². The van der Waals surface area contributed by atoms with Gasteiger partial charge in [0.1, 0.15) is 23.6 Å². The fourth-order valence-electron chi connectivity index (χ4n) is 3.79.